The third-order valence-corrected chi connectivity index (χ3v) is 2.39. The van der Waals surface area contributed by atoms with Crippen LogP contribution in [0.5, 0.6) is 0 Å². The minimum atomic E-state index is -2.35. The van der Waals surface area contributed by atoms with Gasteiger partial charge in [0.1, 0.15) is 0 Å². The molecule has 0 saturated heterocycles. The van der Waals surface area contributed by atoms with Gasteiger partial charge in [0.2, 0.25) is 0 Å². The average Bonchev–Trinajstić information content (AvgIpc) is 2.24. The van der Waals surface area contributed by atoms with Gasteiger partial charge in [-0.15, -0.1) is 0 Å². The van der Waals surface area contributed by atoms with Crippen LogP contribution in [0.25, 0.3) is 0 Å². The van der Waals surface area contributed by atoms with Gasteiger partial charge in [0.15, 0.2) is 0 Å². The first-order valence-corrected chi connectivity index (χ1v) is 6.58. The zero-order valence-electron chi connectivity index (χ0n) is 10.7. The number of carbonyl (C=O) groups excluding carboxylic acids is 1. The summed E-state index contributed by atoms with van der Waals surface area (Å²) in [5.41, 5.74) is 0. The Morgan fingerprint density at radius 1 is 1.33 bits per heavy atom. The maximum Gasteiger partial charge on any atom is 0.327 e. The molecule has 18 heavy (non-hydrogen) atoms. The van der Waals surface area contributed by atoms with E-state index in [1.807, 2.05) is 6.92 Å². The van der Waals surface area contributed by atoms with E-state index in [0.29, 0.717) is 13.2 Å². The molecule has 0 rings (SSSR count). The summed E-state index contributed by atoms with van der Waals surface area (Å²) < 4.78 is 9.67. The van der Waals surface area contributed by atoms with E-state index >= 15 is 0 Å². The summed E-state index contributed by atoms with van der Waals surface area (Å²) in [5, 5.41) is 2.75. The number of ether oxygens (including phenoxy) is 1. The molecule has 0 aromatic carbocycles. The Labute approximate surface area is 124 Å². The Morgan fingerprint density at radius 2 is 1.94 bits per heavy atom. The molecule has 0 saturated carbocycles. The smallest absolute Gasteiger partial charge is 0.327 e. The minimum absolute atomic E-state index is 0. The molecule has 0 spiro atoms. The second-order valence-corrected chi connectivity index (χ2v) is 4.86. The SMILES string of the molecule is [CH2-]NCC(C)COC(=O)CC(C)COP(O)O.[W]. The fourth-order valence-corrected chi connectivity index (χ4v) is 1.52. The molecule has 0 heterocycles. The standard InChI is InChI=1S/C10H21NO5P.W/c1-8(7-16-17(13)14)4-10(12)15-6-9(2)5-11-3;/h8-9,11,13-14H,3-7H2,1-2H3;/q-1;. The van der Waals surface area contributed by atoms with Crippen molar-refractivity contribution in [3.8, 4) is 0 Å². The third-order valence-electron chi connectivity index (χ3n) is 2.01. The van der Waals surface area contributed by atoms with Crippen molar-refractivity contribution in [3.05, 3.63) is 7.05 Å². The first-order valence-electron chi connectivity index (χ1n) is 5.42. The van der Waals surface area contributed by atoms with E-state index in [4.69, 9.17) is 14.5 Å². The van der Waals surface area contributed by atoms with Crippen molar-refractivity contribution in [2.75, 3.05) is 19.8 Å². The monoisotopic (exact) mass is 450 g/mol. The van der Waals surface area contributed by atoms with Crippen molar-refractivity contribution >= 4 is 14.6 Å². The molecule has 2 unspecified atom stereocenters. The van der Waals surface area contributed by atoms with E-state index in [-0.39, 0.29) is 51.9 Å². The Morgan fingerprint density at radius 3 is 2.44 bits per heavy atom. The molecule has 0 aromatic rings. The van der Waals surface area contributed by atoms with Crippen molar-refractivity contribution < 1.29 is 44.9 Å². The largest absolute Gasteiger partial charge is 0.472 e. The van der Waals surface area contributed by atoms with Crippen LogP contribution in [0.1, 0.15) is 20.3 Å². The number of hydrogen-bond donors (Lipinski definition) is 3. The molecule has 0 aliphatic heterocycles. The zero-order valence-corrected chi connectivity index (χ0v) is 14.5. The van der Waals surface area contributed by atoms with E-state index < -0.39 is 8.60 Å². The summed E-state index contributed by atoms with van der Waals surface area (Å²) in [7, 11) is 1.14. The number of nitrogens with one attached hydrogen (secondary N) is 1. The first kappa shape index (κ1) is 20.7. The fraction of sp³-hybridized carbons (Fsp3) is 0.800. The van der Waals surface area contributed by atoms with Crippen molar-refractivity contribution in [2.45, 2.75) is 20.3 Å². The van der Waals surface area contributed by atoms with Crippen LogP contribution in [-0.4, -0.2) is 35.5 Å². The Hall–Kier alpha value is 0.428. The van der Waals surface area contributed by atoms with Gasteiger partial charge in [-0.2, -0.15) is 0 Å². The Balaban J connectivity index is 0. The van der Waals surface area contributed by atoms with E-state index in [1.165, 1.54) is 0 Å². The molecule has 108 valence electrons. The van der Waals surface area contributed by atoms with Gasteiger partial charge >= 0.3 is 14.6 Å². The number of carbonyl (C=O) groups is 1. The normalized spacial score (nSPS) is 13.9. The van der Waals surface area contributed by atoms with Crippen LogP contribution in [0.15, 0.2) is 0 Å². The minimum Gasteiger partial charge on any atom is -0.472 e. The maximum atomic E-state index is 11.4. The van der Waals surface area contributed by atoms with Crippen LogP contribution in [0.3, 0.4) is 0 Å². The van der Waals surface area contributed by atoms with Crippen molar-refractivity contribution in [1.29, 1.82) is 0 Å². The van der Waals surface area contributed by atoms with Crippen LogP contribution in [0, 0.1) is 18.9 Å². The molecule has 3 N–H and O–H groups in total. The molecule has 2 atom stereocenters. The van der Waals surface area contributed by atoms with E-state index in [1.54, 1.807) is 6.92 Å². The second kappa shape index (κ2) is 12.5. The molecule has 8 heteroatoms. The van der Waals surface area contributed by atoms with Gasteiger partial charge in [0.05, 0.1) is 19.6 Å². The van der Waals surface area contributed by atoms with Crippen LogP contribution in [-0.2, 0) is 35.1 Å². The molecular weight excluding hydrogens is 429 g/mol. The van der Waals surface area contributed by atoms with Gasteiger partial charge in [0.25, 0.3) is 0 Å². The quantitative estimate of drug-likeness (QED) is 0.274. The molecule has 0 bridgehead atoms. The van der Waals surface area contributed by atoms with Crippen LogP contribution < -0.4 is 5.32 Å². The van der Waals surface area contributed by atoms with Crippen LogP contribution >= 0.6 is 8.60 Å². The molecule has 0 amide bonds. The van der Waals surface area contributed by atoms with E-state index in [0.717, 1.165) is 0 Å². The predicted octanol–water partition coefficient (Wildman–Crippen LogP) is 0.799. The second-order valence-electron chi connectivity index (χ2n) is 4.10. The maximum absolute atomic E-state index is 11.4. The Kier molecular flexibility index (Phi) is 14.4. The zero-order chi connectivity index (χ0) is 13.3. The molecule has 0 radical (unpaired) electrons. The van der Waals surface area contributed by atoms with Gasteiger partial charge in [-0.3, -0.25) is 11.8 Å². The van der Waals surface area contributed by atoms with Crippen LogP contribution in [0.2, 0.25) is 0 Å². The first-order chi connectivity index (χ1) is 7.95. The van der Waals surface area contributed by atoms with Gasteiger partial charge in [-0.05, 0) is 12.5 Å². The van der Waals surface area contributed by atoms with Crippen molar-refractivity contribution in [3.63, 3.8) is 0 Å². The summed E-state index contributed by atoms with van der Waals surface area (Å²) in [6.45, 7) is 4.89. The molecular formula is C10H21NO5PW-. The molecule has 0 aliphatic rings. The number of hydrogen-bond acceptors (Lipinski definition) is 6. The summed E-state index contributed by atoms with van der Waals surface area (Å²) in [5.74, 6) is -0.198. The Bertz CT molecular complexity index is 220. The molecule has 0 fully saturated rings. The number of esters is 1. The third kappa shape index (κ3) is 12.9. The summed E-state index contributed by atoms with van der Waals surface area (Å²) in [6.07, 6.45) is 0.202. The van der Waals surface area contributed by atoms with Gasteiger partial charge < -0.3 is 24.4 Å². The van der Waals surface area contributed by atoms with E-state index in [9.17, 15) is 4.79 Å². The van der Waals surface area contributed by atoms with Crippen molar-refractivity contribution in [1.82, 2.24) is 5.32 Å². The molecule has 0 aliphatic carbocycles. The summed E-state index contributed by atoms with van der Waals surface area (Å²) in [4.78, 5) is 28.5. The predicted molar refractivity (Wildman–Crippen MR) is 64.6 cm³/mol. The topological polar surface area (TPSA) is 88.0 Å². The summed E-state index contributed by atoms with van der Waals surface area (Å²) in [6, 6.07) is 0. The van der Waals surface area contributed by atoms with Crippen molar-refractivity contribution in [2.24, 2.45) is 11.8 Å². The molecule has 6 nitrogen and oxygen atoms in total. The molecule has 0 aromatic heterocycles. The van der Waals surface area contributed by atoms with E-state index in [2.05, 4.69) is 16.9 Å². The average molecular weight is 450 g/mol. The van der Waals surface area contributed by atoms with Gasteiger partial charge in [-0.25, -0.2) is 0 Å². The summed E-state index contributed by atoms with van der Waals surface area (Å²) >= 11 is 0. The van der Waals surface area contributed by atoms with Gasteiger partial charge in [-0.1, -0.05) is 13.8 Å². The fourth-order valence-electron chi connectivity index (χ4n) is 1.14. The van der Waals surface area contributed by atoms with Crippen LogP contribution in [0.4, 0.5) is 0 Å². The van der Waals surface area contributed by atoms with Gasteiger partial charge in [0, 0.05) is 27.0 Å². The number of rotatable bonds is 9.